The van der Waals surface area contributed by atoms with Crippen LogP contribution in [0.3, 0.4) is 0 Å². The molecule has 2 atom stereocenters. The fourth-order valence-electron chi connectivity index (χ4n) is 3.95. The van der Waals surface area contributed by atoms with Crippen LogP contribution in [-0.4, -0.2) is 10.8 Å². The van der Waals surface area contributed by atoms with Crippen molar-refractivity contribution < 1.29 is 4.79 Å². The van der Waals surface area contributed by atoms with E-state index >= 15 is 0 Å². The van der Waals surface area contributed by atoms with E-state index in [4.69, 9.17) is 0 Å². The van der Waals surface area contributed by atoms with Gasteiger partial charge in [0.25, 0.3) is 0 Å². The molecule has 1 N–H and O–H groups in total. The highest BCUT2D eigenvalue weighted by Gasteiger charge is 2.32. The van der Waals surface area contributed by atoms with Gasteiger partial charge in [-0.2, -0.15) is 0 Å². The number of fused-ring (bicyclic) bond motifs is 5. The maximum Gasteiger partial charge on any atom is 0.133 e. The van der Waals surface area contributed by atoms with Gasteiger partial charge in [-0.25, -0.2) is 0 Å². The number of carbonyl (C=O) groups excluding carboxylic acids is 1. The molecular formula is C22H21NO. The normalized spacial score (nSPS) is 21.6. The number of aromatic nitrogens is 1. The standard InChI is InChI=1S/C18H16O.C4H5N/c19-14-7-10-16-13(11-14)6-9-17-15-4-2-1-3-12(15)5-8-18(16)17;1-2-4-5-3-1/h1-6,8-9,13,16H,7,10-11H2;1-5H. The van der Waals surface area contributed by atoms with E-state index in [-0.39, 0.29) is 0 Å². The van der Waals surface area contributed by atoms with E-state index in [0.717, 1.165) is 19.3 Å². The fourth-order valence-corrected chi connectivity index (χ4v) is 3.95. The molecule has 2 aromatic carbocycles. The molecular weight excluding hydrogens is 294 g/mol. The topological polar surface area (TPSA) is 32.9 Å². The van der Waals surface area contributed by atoms with E-state index < -0.39 is 0 Å². The zero-order valence-corrected chi connectivity index (χ0v) is 13.6. The first-order valence-electron chi connectivity index (χ1n) is 8.62. The largest absolute Gasteiger partial charge is 0.368 e. The summed E-state index contributed by atoms with van der Waals surface area (Å²) >= 11 is 0. The minimum atomic E-state index is 0.426. The van der Waals surface area contributed by atoms with E-state index in [0.29, 0.717) is 17.6 Å². The van der Waals surface area contributed by atoms with Crippen molar-refractivity contribution in [2.24, 2.45) is 5.92 Å². The highest BCUT2D eigenvalue weighted by molar-refractivity contribution is 5.93. The number of nitrogens with one attached hydrogen (secondary N) is 1. The lowest BCUT2D eigenvalue weighted by atomic mass is 9.70. The Kier molecular flexibility index (Phi) is 4.04. The first-order valence-corrected chi connectivity index (χ1v) is 8.62. The lowest BCUT2D eigenvalue weighted by molar-refractivity contribution is -0.121. The average Bonchev–Trinajstić information content (AvgIpc) is 3.21. The molecule has 3 aromatic rings. The molecule has 1 heterocycles. The van der Waals surface area contributed by atoms with Crippen LogP contribution in [0.4, 0.5) is 0 Å². The number of hydrogen-bond donors (Lipinski definition) is 1. The van der Waals surface area contributed by atoms with Gasteiger partial charge in [0.05, 0.1) is 0 Å². The van der Waals surface area contributed by atoms with Crippen LogP contribution < -0.4 is 0 Å². The van der Waals surface area contributed by atoms with Gasteiger partial charge in [0.15, 0.2) is 0 Å². The SMILES string of the molecule is O=C1CCC2c3ccc4ccccc4c3C=CC2C1.c1cc[nH]c1. The van der Waals surface area contributed by atoms with Crippen molar-refractivity contribution >= 4 is 22.6 Å². The van der Waals surface area contributed by atoms with E-state index in [1.807, 2.05) is 24.5 Å². The van der Waals surface area contributed by atoms with Crippen molar-refractivity contribution in [2.45, 2.75) is 25.2 Å². The van der Waals surface area contributed by atoms with Crippen molar-refractivity contribution in [3.8, 4) is 0 Å². The Morgan fingerprint density at radius 3 is 2.58 bits per heavy atom. The van der Waals surface area contributed by atoms with Crippen LogP contribution in [0, 0.1) is 5.92 Å². The van der Waals surface area contributed by atoms with Gasteiger partial charge in [0, 0.05) is 25.2 Å². The summed E-state index contributed by atoms with van der Waals surface area (Å²) < 4.78 is 0. The third-order valence-corrected chi connectivity index (χ3v) is 5.12. The average molecular weight is 315 g/mol. The van der Waals surface area contributed by atoms with Gasteiger partial charge in [-0.3, -0.25) is 4.79 Å². The van der Waals surface area contributed by atoms with Gasteiger partial charge in [0.2, 0.25) is 0 Å². The second-order valence-corrected chi connectivity index (χ2v) is 6.59. The van der Waals surface area contributed by atoms with Crippen LogP contribution in [0.15, 0.2) is 67.0 Å². The second-order valence-electron chi connectivity index (χ2n) is 6.59. The Bertz CT molecular complexity index is 859. The van der Waals surface area contributed by atoms with Crippen molar-refractivity contribution in [3.63, 3.8) is 0 Å². The molecule has 0 saturated heterocycles. The molecule has 2 heteroatoms. The van der Waals surface area contributed by atoms with Crippen molar-refractivity contribution in [2.75, 3.05) is 0 Å². The first kappa shape index (κ1) is 14.9. The van der Waals surface area contributed by atoms with Gasteiger partial charge in [-0.15, -0.1) is 0 Å². The lowest BCUT2D eigenvalue weighted by Crippen LogP contribution is -2.24. The van der Waals surface area contributed by atoms with Gasteiger partial charge < -0.3 is 4.98 Å². The molecule has 24 heavy (non-hydrogen) atoms. The molecule has 0 spiro atoms. The number of allylic oxidation sites excluding steroid dienone is 1. The zero-order chi connectivity index (χ0) is 16.4. The van der Waals surface area contributed by atoms with E-state index in [1.165, 1.54) is 21.9 Å². The summed E-state index contributed by atoms with van der Waals surface area (Å²) in [6, 6.07) is 16.9. The number of benzene rings is 2. The van der Waals surface area contributed by atoms with Gasteiger partial charge in [0.1, 0.15) is 5.78 Å². The maximum absolute atomic E-state index is 11.6. The van der Waals surface area contributed by atoms with E-state index in [2.05, 4.69) is 53.5 Å². The molecule has 0 bridgehead atoms. The summed E-state index contributed by atoms with van der Waals surface area (Å²) in [4.78, 5) is 14.5. The third-order valence-electron chi connectivity index (χ3n) is 5.12. The minimum absolute atomic E-state index is 0.426. The van der Waals surface area contributed by atoms with Crippen molar-refractivity contribution in [1.82, 2.24) is 4.98 Å². The predicted octanol–water partition coefficient (Wildman–Crippen LogP) is 5.33. The summed E-state index contributed by atoms with van der Waals surface area (Å²) in [6.07, 6.45) is 10.7. The highest BCUT2D eigenvalue weighted by atomic mass is 16.1. The Labute approximate surface area is 142 Å². The maximum atomic E-state index is 11.6. The van der Waals surface area contributed by atoms with Crippen molar-refractivity contribution in [1.29, 1.82) is 0 Å². The number of H-pyrrole nitrogens is 1. The van der Waals surface area contributed by atoms with E-state index in [1.54, 1.807) is 0 Å². The first-order chi connectivity index (χ1) is 11.8. The molecule has 2 aliphatic rings. The van der Waals surface area contributed by atoms with E-state index in [9.17, 15) is 4.79 Å². The Balaban J connectivity index is 0.000000252. The number of ketones is 1. The molecule has 2 aliphatic carbocycles. The lowest BCUT2D eigenvalue weighted by Gasteiger charge is -2.33. The molecule has 0 amide bonds. The smallest absolute Gasteiger partial charge is 0.133 e. The molecule has 2 unspecified atom stereocenters. The Morgan fingerprint density at radius 1 is 0.958 bits per heavy atom. The molecule has 0 aliphatic heterocycles. The number of rotatable bonds is 0. The van der Waals surface area contributed by atoms with Crippen LogP contribution in [-0.2, 0) is 4.79 Å². The Morgan fingerprint density at radius 2 is 1.79 bits per heavy atom. The number of aromatic amines is 1. The number of carbonyl (C=O) groups is 1. The summed E-state index contributed by atoms with van der Waals surface area (Å²) in [5.41, 5.74) is 2.81. The third kappa shape index (κ3) is 2.80. The fraction of sp³-hybridized carbons (Fsp3) is 0.227. The molecule has 5 rings (SSSR count). The summed E-state index contributed by atoms with van der Waals surface area (Å²) in [5.74, 6) is 1.40. The minimum Gasteiger partial charge on any atom is -0.368 e. The van der Waals surface area contributed by atoms with Crippen LogP contribution in [0.2, 0.25) is 0 Å². The summed E-state index contributed by atoms with van der Waals surface area (Å²) in [7, 11) is 0. The molecule has 2 nitrogen and oxygen atoms in total. The van der Waals surface area contributed by atoms with Crippen LogP contribution in [0.1, 0.15) is 36.3 Å². The number of Topliss-reactive ketones (excluding diaryl/α,β-unsaturated/α-hetero) is 1. The Hall–Kier alpha value is -2.61. The van der Waals surface area contributed by atoms with Gasteiger partial charge in [-0.1, -0.05) is 48.6 Å². The highest BCUT2D eigenvalue weighted by Crippen LogP contribution is 2.44. The van der Waals surface area contributed by atoms with Gasteiger partial charge >= 0.3 is 0 Å². The van der Waals surface area contributed by atoms with Crippen LogP contribution >= 0.6 is 0 Å². The number of hydrogen-bond acceptors (Lipinski definition) is 1. The van der Waals surface area contributed by atoms with Crippen molar-refractivity contribution in [3.05, 3.63) is 78.1 Å². The summed E-state index contributed by atoms with van der Waals surface area (Å²) in [5, 5.41) is 2.64. The van der Waals surface area contributed by atoms with Crippen LogP contribution in [0.5, 0.6) is 0 Å². The zero-order valence-electron chi connectivity index (χ0n) is 13.6. The summed E-state index contributed by atoms with van der Waals surface area (Å²) in [6.45, 7) is 0. The second kappa shape index (κ2) is 6.48. The molecule has 120 valence electrons. The van der Waals surface area contributed by atoms with Crippen LogP contribution in [0.25, 0.3) is 16.8 Å². The monoisotopic (exact) mass is 315 g/mol. The predicted molar refractivity (Wildman–Crippen MR) is 98.9 cm³/mol. The molecule has 1 fully saturated rings. The molecule has 0 radical (unpaired) electrons. The quantitative estimate of drug-likeness (QED) is 0.597. The van der Waals surface area contributed by atoms with Gasteiger partial charge in [-0.05, 0) is 52.3 Å². The molecule has 1 aromatic heterocycles. The molecule has 1 saturated carbocycles.